The van der Waals surface area contributed by atoms with Gasteiger partial charge in [0.2, 0.25) is 0 Å². The summed E-state index contributed by atoms with van der Waals surface area (Å²) in [6, 6.07) is 14.9. The lowest BCUT2D eigenvalue weighted by Gasteiger charge is -2.01. The van der Waals surface area contributed by atoms with E-state index in [2.05, 4.69) is 6.92 Å². The van der Waals surface area contributed by atoms with Crippen LogP contribution < -0.4 is 11.1 Å². The molecule has 0 aliphatic heterocycles. The summed E-state index contributed by atoms with van der Waals surface area (Å²) in [6.07, 6.45) is 2.92. The van der Waals surface area contributed by atoms with Gasteiger partial charge in [0.15, 0.2) is 0 Å². The summed E-state index contributed by atoms with van der Waals surface area (Å²) in [5, 5.41) is 2.90. The molecule has 1 heterocycles. The molecule has 0 radical (unpaired) electrons. The second-order valence-corrected chi connectivity index (χ2v) is 5.56. The Kier molecular flexibility index (Phi) is 4.05. The number of nitrogens with zero attached hydrogens (tertiary/aromatic N) is 1. The van der Waals surface area contributed by atoms with Crippen LogP contribution in [0.4, 0.5) is 0 Å². The van der Waals surface area contributed by atoms with E-state index in [9.17, 15) is 9.59 Å². The first-order valence-corrected chi connectivity index (χ1v) is 7.78. The van der Waals surface area contributed by atoms with Gasteiger partial charge in [-0.1, -0.05) is 56.2 Å². The number of rotatable bonds is 4. The van der Waals surface area contributed by atoms with E-state index >= 15 is 0 Å². The zero-order valence-corrected chi connectivity index (χ0v) is 12.7. The molecule has 0 aliphatic carbocycles. The molecule has 3 nitrogen and oxygen atoms in total. The van der Waals surface area contributed by atoms with Gasteiger partial charge in [-0.3, -0.25) is 14.2 Å². The van der Waals surface area contributed by atoms with E-state index in [0.29, 0.717) is 17.3 Å². The van der Waals surface area contributed by atoms with E-state index in [1.165, 1.54) is 4.57 Å². The van der Waals surface area contributed by atoms with Crippen molar-refractivity contribution < 1.29 is 0 Å². The second kappa shape index (κ2) is 6.14. The lowest BCUT2D eigenvalue weighted by Crippen LogP contribution is -2.30. The third-order valence-electron chi connectivity index (χ3n) is 4.08. The van der Waals surface area contributed by atoms with Crippen LogP contribution in [0.2, 0.25) is 0 Å². The summed E-state index contributed by atoms with van der Waals surface area (Å²) in [5.41, 5.74) is -0.374. The van der Waals surface area contributed by atoms with Crippen molar-refractivity contribution in [3.05, 3.63) is 69.2 Å². The molecule has 0 spiro atoms. The molecule has 22 heavy (non-hydrogen) atoms. The zero-order valence-electron chi connectivity index (χ0n) is 12.7. The molecule has 0 bridgehead atoms. The normalized spacial score (nSPS) is 11.1. The van der Waals surface area contributed by atoms with Gasteiger partial charge in [0.25, 0.3) is 11.1 Å². The largest absolute Gasteiger partial charge is 0.274 e. The van der Waals surface area contributed by atoms with Gasteiger partial charge in [-0.25, -0.2) is 0 Å². The van der Waals surface area contributed by atoms with Crippen molar-refractivity contribution in [2.24, 2.45) is 0 Å². The molecule has 3 rings (SSSR count). The second-order valence-electron chi connectivity index (χ2n) is 5.56. The molecule has 3 aromatic rings. The van der Waals surface area contributed by atoms with Gasteiger partial charge in [0.05, 0.1) is 0 Å². The fourth-order valence-electron chi connectivity index (χ4n) is 2.91. The minimum atomic E-state index is -0.187. The SMILES string of the molecule is CCCCCn1c(=O)c2ccccc2c2ccccc2c1=O. The quantitative estimate of drug-likeness (QED) is 0.688. The van der Waals surface area contributed by atoms with Crippen molar-refractivity contribution in [3.63, 3.8) is 0 Å². The van der Waals surface area contributed by atoms with E-state index in [1.807, 2.05) is 36.4 Å². The first kappa shape index (κ1) is 14.5. The first-order chi connectivity index (χ1) is 10.7. The molecule has 0 unspecified atom stereocenters. The highest BCUT2D eigenvalue weighted by molar-refractivity contribution is 6.05. The third kappa shape index (κ3) is 2.43. The molecule has 0 fully saturated rings. The summed E-state index contributed by atoms with van der Waals surface area (Å²) < 4.78 is 1.40. The summed E-state index contributed by atoms with van der Waals surface area (Å²) in [5.74, 6) is 0. The first-order valence-electron chi connectivity index (χ1n) is 7.78. The van der Waals surface area contributed by atoms with Crippen molar-refractivity contribution >= 4 is 21.5 Å². The fourth-order valence-corrected chi connectivity index (χ4v) is 2.91. The lowest BCUT2D eigenvalue weighted by molar-refractivity contribution is 0.581. The van der Waals surface area contributed by atoms with E-state index < -0.39 is 0 Å². The maximum atomic E-state index is 12.8. The number of unbranched alkanes of at least 4 members (excludes halogenated alkanes) is 2. The zero-order chi connectivity index (χ0) is 15.5. The molecule has 0 amide bonds. The Bertz CT molecular complexity index is 869. The molecule has 1 aromatic heterocycles. The average molecular weight is 293 g/mol. The molecule has 0 N–H and O–H groups in total. The maximum absolute atomic E-state index is 12.8. The topological polar surface area (TPSA) is 39.1 Å². The van der Waals surface area contributed by atoms with Crippen LogP contribution >= 0.6 is 0 Å². The van der Waals surface area contributed by atoms with Gasteiger partial charge >= 0.3 is 0 Å². The van der Waals surface area contributed by atoms with Crippen molar-refractivity contribution in [3.8, 4) is 0 Å². The van der Waals surface area contributed by atoms with E-state index in [0.717, 1.165) is 30.0 Å². The van der Waals surface area contributed by atoms with Crippen LogP contribution in [0.5, 0.6) is 0 Å². The molecule has 2 aromatic carbocycles. The van der Waals surface area contributed by atoms with Gasteiger partial charge in [-0.15, -0.1) is 0 Å². The van der Waals surface area contributed by atoms with Gasteiger partial charge in [-0.2, -0.15) is 0 Å². The summed E-state index contributed by atoms with van der Waals surface area (Å²) in [6.45, 7) is 2.59. The minimum Gasteiger partial charge on any atom is -0.274 e. The van der Waals surface area contributed by atoms with Crippen LogP contribution in [-0.2, 0) is 6.54 Å². The van der Waals surface area contributed by atoms with Crippen LogP contribution in [0.15, 0.2) is 58.1 Å². The van der Waals surface area contributed by atoms with Crippen molar-refractivity contribution in [1.29, 1.82) is 0 Å². The highest BCUT2D eigenvalue weighted by Crippen LogP contribution is 2.19. The monoisotopic (exact) mass is 293 g/mol. The number of hydrogen-bond acceptors (Lipinski definition) is 2. The summed E-state index contributed by atoms with van der Waals surface area (Å²) in [7, 11) is 0. The third-order valence-corrected chi connectivity index (χ3v) is 4.08. The van der Waals surface area contributed by atoms with E-state index in [4.69, 9.17) is 0 Å². The molecule has 0 aliphatic rings. The van der Waals surface area contributed by atoms with Crippen LogP contribution in [-0.4, -0.2) is 4.57 Å². The Morgan fingerprint density at radius 3 is 1.64 bits per heavy atom. The molecule has 3 heteroatoms. The molecule has 0 atom stereocenters. The number of hydrogen-bond donors (Lipinski definition) is 0. The van der Waals surface area contributed by atoms with E-state index in [-0.39, 0.29) is 11.1 Å². The van der Waals surface area contributed by atoms with Crippen molar-refractivity contribution in [2.75, 3.05) is 0 Å². The number of fused-ring (bicyclic) bond motifs is 3. The highest BCUT2D eigenvalue weighted by Gasteiger charge is 2.09. The highest BCUT2D eigenvalue weighted by atomic mass is 16.2. The molecule has 112 valence electrons. The average Bonchev–Trinajstić information content (AvgIpc) is 2.65. The maximum Gasteiger partial charge on any atom is 0.261 e. The van der Waals surface area contributed by atoms with Gasteiger partial charge in [0.1, 0.15) is 0 Å². The Hall–Kier alpha value is -2.42. The van der Waals surface area contributed by atoms with Crippen LogP contribution in [0.25, 0.3) is 21.5 Å². The van der Waals surface area contributed by atoms with Gasteiger partial charge in [-0.05, 0) is 29.3 Å². The van der Waals surface area contributed by atoms with Crippen molar-refractivity contribution in [2.45, 2.75) is 32.7 Å². The molecular formula is C19H19NO2. The van der Waals surface area contributed by atoms with Gasteiger partial charge in [0, 0.05) is 17.3 Å². The molecular weight excluding hydrogens is 274 g/mol. The minimum absolute atomic E-state index is 0.187. The summed E-state index contributed by atoms with van der Waals surface area (Å²) >= 11 is 0. The predicted octanol–water partition coefficient (Wildman–Crippen LogP) is 3.71. The Morgan fingerprint density at radius 2 is 1.18 bits per heavy atom. The number of benzene rings is 2. The van der Waals surface area contributed by atoms with E-state index in [1.54, 1.807) is 12.1 Å². The Morgan fingerprint density at radius 1 is 0.727 bits per heavy atom. The standard InChI is InChI=1S/C19H19NO2/c1-2-3-8-13-20-18(21)16-11-6-4-9-14(16)15-10-5-7-12-17(15)19(20)22/h4-7,9-12H,2-3,8,13H2,1H3. The van der Waals surface area contributed by atoms with Crippen molar-refractivity contribution in [1.82, 2.24) is 4.57 Å². The summed E-state index contributed by atoms with van der Waals surface area (Å²) in [4.78, 5) is 25.6. The fraction of sp³-hybridized carbons (Fsp3) is 0.263. The van der Waals surface area contributed by atoms with Crippen LogP contribution in [0.3, 0.4) is 0 Å². The molecule has 0 saturated heterocycles. The smallest absolute Gasteiger partial charge is 0.261 e. The Balaban J connectivity index is 2.44. The van der Waals surface area contributed by atoms with Crippen LogP contribution in [0, 0.1) is 0 Å². The van der Waals surface area contributed by atoms with Gasteiger partial charge < -0.3 is 0 Å². The predicted molar refractivity (Wildman–Crippen MR) is 91.5 cm³/mol. The Labute approximate surface area is 128 Å². The molecule has 0 saturated carbocycles. The number of aromatic nitrogens is 1. The lowest BCUT2D eigenvalue weighted by atomic mass is 10.1. The van der Waals surface area contributed by atoms with Crippen LogP contribution in [0.1, 0.15) is 26.2 Å².